The molecule has 1 atom stereocenters. The van der Waals surface area contributed by atoms with Gasteiger partial charge in [0, 0.05) is 31.1 Å². The van der Waals surface area contributed by atoms with Crippen molar-refractivity contribution in [2.75, 3.05) is 24.3 Å². The van der Waals surface area contributed by atoms with Crippen molar-refractivity contribution in [3.05, 3.63) is 70.7 Å². The topological polar surface area (TPSA) is 86.3 Å². The van der Waals surface area contributed by atoms with Crippen LogP contribution in [0.1, 0.15) is 45.7 Å². The van der Waals surface area contributed by atoms with Gasteiger partial charge in [-0.25, -0.2) is 4.98 Å². The van der Waals surface area contributed by atoms with Gasteiger partial charge in [0.25, 0.3) is 5.91 Å². The number of pyridine rings is 1. The first-order valence-corrected chi connectivity index (χ1v) is 10.0. The van der Waals surface area contributed by atoms with E-state index in [1.807, 2.05) is 6.92 Å². The van der Waals surface area contributed by atoms with Crippen LogP contribution in [0.4, 0.5) is 24.7 Å². The first kappa shape index (κ1) is 22.4. The smallest absolute Gasteiger partial charge is 0.384 e. The van der Waals surface area contributed by atoms with Gasteiger partial charge in [-0.15, -0.1) is 0 Å². The summed E-state index contributed by atoms with van der Waals surface area (Å²) in [6.07, 6.45) is -1.41. The summed E-state index contributed by atoms with van der Waals surface area (Å²) < 4.78 is 45.5. The van der Waals surface area contributed by atoms with E-state index < -0.39 is 11.7 Å². The van der Waals surface area contributed by atoms with Gasteiger partial charge in [0.05, 0.1) is 30.0 Å². The third kappa shape index (κ3) is 4.40. The van der Waals surface area contributed by atoms with E-state index in [0.29, 0.717) is 29.2 Å². The SMILES string of the molecule is COCc1cc(N)ncc1C#Cc1cnn2c1C(=O)N(c1ccc(C(F)(F)F)cc1)C[C@@H]2C. The summed E-state index contributed by atoms with van der Waals surface area (Å²) >= 11 is 0. The van der Waals surface area contributed by atoms with Gasteiger partial charge >= 0.3 is 6.18 Å². The molecule has 7 nitrogen and oxygen atoms in total. The maximum atomic E-state index is 13.3. The summed E-state index contributed by atoms with van der Waals surface area (Å²) in [6, 6.07) is 5.99. The number of ether oxygens (including phenoxy) is 1. The zero-order chi connectivity index (χ0) is 23.8. The van der Waals surface area contributed by atoms with E-state index >= 15 is 0 Å². The van der Waals surface area contributed by atoms with Crippen molar-refractivity contribution < 1.29 is 22.7 Å². The molecule has 0 saturated heterocycles. The molecular weight excluding hydrogens is 435 g/mol. The summed E-state index contributed by atoms with van der Waals surface area (Å²) in [6.45, 7) is 2.43. The van der Waals surface area contributed by atoms with Crippen LogP contribution in [-0.2, 0) is 17.5 Å². The molecule has 0 spiro atoms. The Hall–Kier alpha value is -3.84. The van der Waals surface area contributed by atoms with E-state index in [0.717, 1.165) is 17.7 Å². The zero-order valence-corrected chi connectivity index (χ0v) is 17.8. The number of hydrogen-bond acceptors (Lipinski definition) is 5. The van der Waals surface area contributed by atoms with Gasteiger partial charge in [-0.05, 0) is 42.8 Å². The van der Waals surface area contributed by atoms with Gasteiger partial charge in [-0.2, -0.15) is 18.3 Å². The number of halogens is 3. The van der Waals surface area contributed by atoms with Gasteiger partial charge in [0.15, 0.2) is 0 Å². The predicted octanol–water partition coefficient (Wildman–Crippen LogP) is 3.65. The molecule has 2 aromatic heterocycles. The lowest BCUT2D eigenvalue weighted by atomic mass is 10.1. The maximum absolute atomic E-state index is 13.3. The molecule has 1 aliphatic rings. The number of aromatic nitrogens is 3. The van der Waals surface area contributed by atoms with E-state index in [1.54, 1.807) is 17.9 Å². The van der Waals surface area contributed by atoms with Crippen molar-refractivity contribution in [1.82, 2.24) is 14.8 Å². The molecule has 1 aliphatic heterocycles. The third-order valence-electron chi connectivity index (χ3n) is 5.26. The molecule has 33 heavy (non-hydrogen) atoms. The number of methoxy groups -OCH3 is 1. The minimum Gasteiger partial charge on any atom is -0.384 e. The molecule has 3 aromatic rings. The zero-order valence-electron chi connectivity index (χ0n) is 17.8. The quantitative estimate of drug-likeness (QED) is 0.610. The number of benzene rings is 1. The van der Waals surface area contributed by atoms with Gasteiger partial charge in [-0.1, -0.05) is 11.8 Å². The number of alkyl halides is 3. The van der Waals surface area contributed by atoms with E-state index in [-0.39, 0.29) is 24.2 Å². The van der Waals surface area contributed by atoms with Crippen molar-refractivity contribution in [2.24, 2.45) is 0 Å². The molecular formula is C23H20F3N5O2. The molecule has 0 fully saturated rings. The van der Waals surface area contributed by atoms with Crippen LogP contribution < -0.4 is 10.6 Å². The minimum absolute atomic E-state index is 0.196. The predicted molar refractivity (Wildman–Crippen MR) is 115 cm³/mol. The highest BCUT2D eigenvalue weighted by molar-refractivity contribution is 6.07. The molecule has 1 aromatic carbocycles. The number of nitrogens with zero attached hydrogens (tertiary/aromatic N) is 4. The van der Waals surface area contributed by atoms with Crippen LogP contribution in [0.5, 0.6) is 0 Å². The summed E-state index contributed by atoms with van der Waals surface area (Å²) in [4.78, 5) is 18.8. The highest BCUT2D eigenvalue weighted by Gasteiger charge is 2.34. The largest absolute Gasteiger partial charge is 0.416 e. The summed E-state index contributed by atoms with van der Waals surface area (Å²) in [7, 11) is 1.55. The highest BCUT2D eigenvalue weighted by Crippen LogP contribution is 2.32. The molecule has 1 amide bonds. The summed E-state index contributed by atoms with van der Waals surface area (Å²) in [5, 5.41) is 4.31. The molecule has 0 radical (unpaired) electrons. The fourth-order valence-corrected chi connectivity index (χ4v) is 3.64. The molecule has 0 unspecified atom stereocenters. The minimum atomic E-state index is -4.45. The van der Waals surface area contributed by atoms with Gasteiger partial charge in [0.2, 0.25) is 0 Å². The molecule has 4 rings (SSSR count). The molecule has 0 aliphatic carbocycles. The fraction of sp³-hybridized carbons (Fsp3) is 0.261. The monoisotopic (exact) mass is 455 g/mol. The Kier molecular flexibility index (Phi) is 5.82. The van der Waals surface area contributed by atoms with Crippen LogP contribution in [0.3, 0.4) is 0 Å². The molecule has 170 valence electrons. The fourth-order valence-electron chi connectivity index (χ4n) is 3.64. The lowest BCUT2D eigenvalue weighted by Crippen LogP contribution is -2.43. The van der Waals surface area contributed by atoms with Gasteiger partial charge < -0.3 is 15.4 Å². The average Bonchev–Trinajstić information content (AvgIpc) is 3.20. The van der Waals surface area contributed by atoms with E-state index in [9.17, 15) is 18.0 Å². The molecule has 10 heteroatoms. The number of amides is 1. The first-order valence-electron chi connectivity index (χ1n) is 10.0. The second-order valence-corrected chi connectivity index (χ2v) is 7.61. The van der Waals surface area contributed by atoms with Gasteiger partial charge in [-0.3, -0.25) is 9.48 Å². The van der Waals surface area contributed by atoms with Crippen LogP contribution in [-0.4, -0.2) is 34.3 Å². The number of anilines is 2. The Morgan fingerprint density at radius 1 is 1.18 bits per heavy atom. The normalized spacial score (nSPS) is 15.7. The van der Waals surface area contributed by atoms with Crippen molar-refractivity contribution in [1.29, 1.82) is 0 Å². The summed E-state index contributed by atoms with van der Waals surface area (Å²) in [5.74, 6) is 5.92. The lowest BCUT2D eigenvalue weighted by Gasteiger charge is -2.32. The lowest BCUT2D eigenvalue weighted by molar-refractivity contribution is -0.137. The van der Waals surface area contributed by atoms with Crippen molar-refractivity contribution in [3.63, 3.8) is 0 Å². The van der Waals surface area contributed by atoms with E-state index in [1.165, 1.54) is 29.4 Å². The molecule has 2 N–H and O–H groups in total. The number of nitrogens with two attached hydrogens (primary N) is 1. The molecule has 0 saturated carbocycles. The Bertz CT molecular complexity index is 1260. The Labute approximate surface area is 188 Å². The van der Waals surface area contributed by atoms with Gasteiger partial charge in [0.1, 0.15) is 11.5 Å². The number of rotatable bonds is 3. The van der Waals surface area contributed by atoms with Crippen molar-refractivity contribution >= 4 is 17.4 Å². The Morgan fingerprint density at radius 3 is 2.55 bits per heavy atom. The van der Waals surface area contributed by atoms with Crippen LogP contribution in [0.25, 0.3) is 0 Å². The second-order valence-electron chi connectivity index (χ2n) is 7.61. The highest BCUT2D eigenvalue weighted by atomic mass is 19.4. The third-order valence-corrected chi connectivity index (χ3v) is 5.26. The number of nitrogen functional groups attached to an aromatic ring is 1. The van der Waals surface area contributed by atoms with Crippen LogP contribution in [0.2, 0.25) is 0 Å². The van der Waals surface area contributed by atoms with Crippen LogP contribution >= 0.6 is 0 Å². The maximum Gasteiger partial charge on any atom is 0.416 e. The Balaban J connectivity index is 1.68. The van der Waals surface area contributed by atoms with E-state index in [2.05, 4.69) is 21.9 Å². The second kappa shape index (κ2) is 8.60. The number of carbonyl (C=O) groups excluding carboxylic acids is 1. The Morgan fingerprint density at radius 2 is 1.88 bits per heavy atom. The first-order chi connectivity index (χ1) is 15.7. The molecule has 3 heterocycles. The van der Waals surface area contributed by atoms with Crippen molar-refractivity contribution in [3.8, 4) is 11.8 Å². The average molecular weight is 455 g/mol. The standard InChI is InChI=1S/C23H20F3N5O2/c1-14-12-30(19-7-5-18(6-8-19)23(24,25)26)22(32)21-16(11-29-31(14)21)4-3-15-10-28-20(27)9-17(15)13-33-2/h5-11,14H,12-13H2,1-2H3,(H2,27,28)/t14-/m0/s1. The van der Waals surface area contributed by atoms with Crippen LogP contribution in [0.15, 0.2) is 42.7 Å². The summed E-state index contributed by atoms with van der Waals surface area (Å²) in [5.41, 5.74) is 7.37. The van der Waals surface area contributed by atoms with E-state index in [4.69, 9.17) is 10.5 Å². The number of fused-ring (bicyclic) bond motifs is 1. The molecule has 0 bridgehead atoms. The van der Waals surface area contributed by atoms with Crippen molar-refractivity contribution in [2.45, 2.75) is 25.7 Å². The van der Waals surface area contributed by atoms with Crippen LogP contribution in [0, 0.1) is 11.8 Å². The number of hydrogen-bond donors (Lipinski definition) is 1. The number of carbonyl (C=O) groups is 1.